The van der Waals surface area contributed by atoms with E-state index in [-0.39, 0.29) is 25.6 Å². The Kier molecular flexibility index (Phi) is 5.33. The summed E-state index contributed by atoms with van der Waals surface area (Å²) in [5.74, 6) is 0. The van der Waals surface area contributed by atoms with Crippen molar-refractivity contribution >= 4 is 0 Å². The minimum Gasteiger partial charge on any atom is -0.442 e. The molecule has 1 radical (unpaired) electrons. The first-order chi connectivity index (χ1) is 7.64. The largest absolute Gasteiger partial charge is 0.442 e. The zero-order chi connectivity index (χ0) is 11.6. The van der Waals surface area contributed by atoms with E-state index in [4.69, 9.17) is 0 Å². The molecule has 0 amide bonds. The molecule has 0 saturated carbocycles. The fourth-order valence-corrected chi connectivity index (χ4v) is 2.14. The van der Waals surface area contributed by atoms with Crippen LogP contribution in [-0.4, -0.2) is 29.4 Å². The first-order valence-electron chi connectivity index (χ1n) is 5.97. The number of hydrogen-bond donors (Lipinski definition) is 0. The van der Waals surface area contributed by atoms with Gasteiger partial charge in [-0.05, 0) is 39.0 Å². The Morgan fingerprint density at radius 3 is 2.65 bits per heavy atom. The fraction of sp³-hybridized carbons (Fsp3) is 0.500. The molecule has 1 fully saturated rings. The molecule has 0 spiro atoms. The van der Waals surface area contributed by atoms with Crippen LogP contribution < -0.4 is 0 Å². The second-order valence-electron chi connectivity index (χ2n) is 4.77. The number of likely N-dealkylation sites (N-methyl/N-ethyl adjacent to an activating group) is 1. The number of rotatable bonds is 3. The summed E-state index contributed by atoms with van der Waals surface area (Å²) in [7, 11) is 0. The van der Waals surface area contributed by atoms with Gasteiger partial charge in [-0.1, -0.05) is 6.92 Å². The van der Waals surface area contributed by atoms with E-state index in [2.05, 4.69) is 55.4 Å². The molecule has 1 aliphatic rings. The Morgan fingerprint density at radius 1 is 1.35 bits per heavy atom. The van der Waals surface area contributed by atoms with E-state index in [1.165, 1.54) is 5.56 Å². The first-order valence-corrected chi connectivity index (χ1v) is 5.97. The van der Waals surface area contributed by atoms with Crippen molar-refractivity contribution in [1.29, 1.82) is 0 Å². The summed E-state index contributed by atoms with van der Waals surface area (Å²) in [4.78, 5) is 4.76. The normalized spacial score (nSPS) is 18.1. The van der Waals surface area contributed by atoms with E-state index in [1.807, 2.05) is 12.1 Å². The third-order valence-corrected chi connectivity index (χ3v) is 3.42. The van der Waals surface area contributed by atoms with Gasteiger partial charge in [0.15, 0.2) is 0 Å². The van der Waals surface area contributed by atoms with Crippen molar-refractivity contribution in [3.8, 4) is 0 Å². The number of benzene rings is 1. The van der Waals surface area contributed by atoms with Gasteiger partial charge >= 0.3 is 0 Å². The Labute approximate surface area is 118 Å². The summed E-state index contributed by atoms with van der Waals surface area (Å²) in [5, 5.41) is 0. The molecule has 1 aliphatic heterocycles. The van der Waals surface area contributed by atoms with Gasteiger partial charge < -0.3 is 9.80 Å². The third kappa shape index (κ3) is 3.17. The standard InChI is InChI=1S/C14H20N2.Ir/c1-4-15-10-11-16(12-15)14(2,3)13-8-6-5-7-9-13;/h5-8,12H,4,10-11H2,1-3H3;/q-2;. The van der Waals surface area contributed by atoms with E-state index in [0.717, 1.165) is 19.6 Å². The van der Waals surface area contributed by atoms with E-state index in [9.17, 15) is 0 Å². The van der Waals surface area contributed by atoms with E-state index in [1.54, 1.807) is 0 Å². The predicted molar refractivity (Wildman–Crippen MR) is 66.6 cm³/mol. The Balaban J connectivity index is 0.00000144. The van der Waals surface area contributed by atoms with Gasteiger partial charge in [-0.15, -0.1) is 5.56 Å². The van der Waals surface area contributed by atoms with Gasteiger partial charge in [-0.3, -0.25) is 0 Å². The molecule has 0 unspecified atom stereocenters. The van der Waals surface area contributed by atoms with Crippen molar-refractivity contribution in [2.75, 3.05) is 19.6 Å². The van der Waals surface area contributed by atoms with Crippen LogP contribution >= 0.6 is 0 Å². The monoisotopic (exact) mass is 409 g/mol. The van der Waals surface area contributed by atoms with Crippen molar-refractivity contribution in [3.63, 3.8) is 0 Å². The smallest absolute Gasteiger partial charge is 0 e. The average molecular weight is 409 g/mol. The van der Waals surface area contributed by atoms with Gasteiger partial charge in [0.25, 0.3) is 0 Å². The molecule has 1 heterocycles. The van der Waals surface area contributed by atoms with Crippen molar-refractivity contribution in [1.82, 2.24) is 9.80 Å². The van der Waals surface area contributed by atoms with Gasteiger partial charge in [0, 0.05) is 20.1 Å². The molecule has 1 aromatic carbocycles. The molecular weight excluding hydrogens is 388 g/mol. The second kappa shape index (κ2) is 6.10. The molecule has 0 N–H and O–H groups in total. The van der Waals surface area contributed by atoms with Crippen LogP contribution in [0.3, 0.4) is 0 Å². The summed E-state index contributed by atoms with van der Waals surface area (Å²) in [6.45, 7) is 12.3. The SMILES string of the molecule is CCN1[CH-]N(C(C)(C)c2[c-]cccc2)CC1.[Ir]. The van der Waals surface area contributed by atoms with Crippen LogP contribution in [0.4, 0.5) is 0 Å². The van der Waals surface area contributed by atoms with Gasteiger partial charge in [0.05, 0.1) is 0 Å². The van der Waals surface area contributed by atoms with Crippen LogP contribution in [0.15, 0.2) is 24.3 Å². The Morgan fingerprint density at radius 2 is 2.12 bits per heavy atom. The maximum atomic E-state index is 3.34. The molecule has 17 heavy (non-hydrogen) atoms. The van der Waals surface area contributed by atoms with Crippen molar-refractivity contribution < 1.29 is 20.1 Å². The second-order valence-corrected chi connectivity index (χ2v) is 4.77. The average Bonchev–Trinajstić information content (AvgIpc) is 2.79. The zero-order valence-electron chi connectivity index (χ0n) is 10.7. The molecule has 97 valence electrons. The molecule has 2 rings (SSSR count). The van der Waals surface area contributed by atoms with Crippen LogP contribution in [0.1, 0.15) is 26.3 Å². The molecule has 0 aromatic heterocycles. The quantitative estimate of drug-likeness (QED) is 0.709. The maximum Gasteiger partial charge on any atom is 0 e. The molecule has 0 bridgehead atoms. The Bertz CT molecular complexity index is 337. The van der Waals surface area contributed by atoms with E-state index in [0.29, 0.717) is 0 Å². The van der Waals surface area contributed by atoms with Crippen LogP contribution in [0.25, 0.3) is 0 Å². The van der Waals surface area contributed by atoms with Crippen molar-refractivity contribution in [3.05, 3.63) is 42.6 Å². The van der Waals surface area contributed by atoms with Gasteiger partial charge in [-0.25, -0.2) is 6.67 Å². The van der Waals surface area contributed by atoms with Crippen molar-refractivity contribution in [2.45, 2.75) is 26.3 Å². The van der Waals surface area contributed by atoms with Gasteiger partial charge in [-0.2, -0.15) is 30.3 Å². The maximum absolute atomic E-state index is 3.34. The predicted octanol–water partition coefficient (Wildman–Crippen LogP) is 2.48. The fourth-order valence-electron chi connectivity index (χ4n) is 2.14. The number of hydrogen-bond acceptors (Lipinski definition) is 2. The van der Waals surface area contributed by atoms with E-state index < -0.39 is 0 Å². The van der Waals surface area contributed by atoms with Crippen molar-refractivity contribution in [2.24, 2.45) is 0 Å². The van der Waals surface area contributed by atoms with Gasteiger partial charge in [0.1, 0.15) is 0 Å². The van der Waals surface area contributed by atoms with Crippen LogP contribution in [-0.2, 0) is 25.6 Å². The minimum absolute atomic E-state index is 0. The summed E-state index contributed by atoms with van der Waals surface area (Å²) < 4.78 is 0. The van der Waals surface area contributed by atoms with Crippen LogP contribution in [0, 0.1) is 12.7 Å². The molecule has 1 aromatic rings. The summed E-state index contributed by atoms with van der Waals surface area (Å²) in [5.41, 5.74) is 1.29. The summed E-state index contributed by atoms with van der Waals surface area (Å²) >= 11 is 0. The molecule has 3 heteroatoms. The van der Waals surface area contributed by atoms with E-state index >= 15 is 0 Å². The zero-order valence-corrected chi connectivity index (χ0v) is 13.1. The van der Waals surface area contributed by atoms with Crippen LogP contribution in [0.5, 0.6) is 0 Å². The molecular formula is C14H20IrN2-2. The molecule has 2 nitrogen and oxygen atoms in total. The Hall–Kier alpha value is -0.211. The summed E-state index contributed by atoms with van der Waals surface area (Å²) in [6.07, 6.45) is 0. The molecule has 0 atom stereocenters. The topological polar surface area (TPSA) is 6.48 Å². The third-order valence-electron chi connectivity index (χ3n) is 3.42. The number of nitrogens with zero attached hydrogens (tertiary/aromatic N) is 2. The first kappa shape index (κ1) is 14.8. The summed E-state index contributed by atoms with van der Waals surface area (Å²) in [6, 6.07) is 11.6. The molecule has 1 saturated heterocycles. The minimum atomic E-state index is 0. The van der Waals surface area contributed by atoms with Gasteiger partial charge in [0.2, 0.25) is 0 Å². The molecule has 0 aliphatic carbocycles. The van der Waals surface area contributed by atoms with Crippen LogP contribution in [0.2, 0.25) is 0 Å².